The summed E-state index contributed by atoms with van der Waals surface area (Å²) in [6, 6.07) is 7.42. The van der Waals surface area contributed by atoms with Gasteiger partial charge in [0.15, 0.2) is 0 Å². The second kappa shape index (κ2) is 7.85. The number of aliphatic imine (C=N–C) groups is 1. The number of carbonyl (C=O) groups excluding carboxylic acids is 3. The van der Waals surface area contributed by atoms with Gasteiger partial charge in [-0.1, -0.05) is 6.07 Å². The van der Waals surface area contributed by atoms with Gasteiger partial charge in [-0.25, -0.2) is 9.59 Å². The van der Waals surface area contributed by atoms with Crippen molar-refractivity contribution in [2.24, 2.45) is 10.7 Å². The zero-order chi connectivity index (χ0) is 18.4. The Morgan fingerprint density at radius 1 is 1.24 bits per heavy atom. The standard InChI is InChI=1S/C17H15N3O5/c1-10-2-3-12(19-9-21)7-14(10)20-16(23)8-13-4-11(5-15(18)22)6-17(24)25-13/h2-4,6-7H,5,8H2,1H3,(H2,18,22)(H,20,23). The predicted molar refractivity (Wildman–Crippen MR) is 89.2 cm³/mol. The molecule has 128 valence electrons. The zero-order valence-electron chi connectivity index (χ0n) is 13.4. The van der Waals surface area contributed by atoms with Crippen LogP contribution in [0.25, 0.3) is 0 Å². The van der Waals surface area contributed by atoms with Gasteiger partial charge in [0.05, 0.1) is 18.5 Å². The van der Waals surface area contributed by atoms with Crippen LogP contribution in [0.15, 0.2) is 44.5 Å². The minimum absolute atomic E-state index is 0.112. The molecule has 2 aromatic rings. The first kappa shape index (κ1) is 17.8. The Balaban J connectivity index is 2.16. The van der Waals surface area contributed by atoms with Crippen molar-refractivity contribution >= 4 is 29.3 Å². The number of benzene rings is 1. The van der Waals surface area contributed by atoms with Crippen molar-refractivity contribution in [3.05, 3.63) is 57.6 Å². The topological polar surface area (TPSA) is 132 Å². The Bertz CT molecular complexity index is 926. The van der Waals surface area contributed by atoms with Gasteiger partial charge in [-0.2, -0.15) is 4.99 Å². The van der Waals surface area contributed by atoms with E-state index in [1.165, 1.54) is 18.2 Å². The van der Waals surface area contributed by atoms with Crippen molar-refractivity contribution in [2.75, 3.05) is 5.32 Å². The summed E-state index contributed by atoms with van der Waals surface area (Å²) in [5.41, 5.74) is 6.40. The van der Waals surface area contributed by atoms with E-state index >= 15 is 0 Å². The molecule has 2 rings (SSSR count). The molecule has 0 spiro atoms. The number of carbonyl (C=O) groups is 2. The van der Waals surface area contributed by atoms with Crippen molar-refractivity contribution in [1.82, 2.24) is 0 Å². The molecule has 0 atom stereocenters. The molecule has 0 saturated carbocycles. The van der Waals surface area contributed by atoms with E-state index in [9.17, 15) is 19.2 Å². The number of nitrogens with one attached hydrogen (secondary N) is 1. The molecule has 1 aromatic carbocycles. The summed E-state index contributed by atoms with van der Waals surface area (Å²) in [5.74, 6) is -0.917. The summed E-state index contributed by atoms with van der Waals surface area (Å²) in [6.07, 6.45) is 1.10. The molecule has 0 aliphatic heterocycles. The zero-order valence-corrected chi connectivity index (χ0v) is 13.4. The predicted octanol–water partition coefficient (Wildman–Crippen LogP) is 1.12. The van der Waals surface area contributed by atoms with Crippen LogP contribution in [0.3, 0.4) is 0 Å². The second-order valence-corrected chi connectivity index (χ2v) is 5.32. The summed E-state index contributed by atoms with van der Waals surface area (Å²) >= 11 is 0. The fraction of sp³-hybridized carbons (Fsp3) is 0.176. The van der Waals surface area contributed by atoms with Gasteiger partial charge >= 0.3 is 5.63 Å². The third kappa shape index (κ3) is 5.26. The van der Waals surface area contributed by atoms with Crippen molar-refractivity contribution < 1.29 is 18.8 Å². The highest BCUT2D eigenvalue weighted by molar-refractivity contribution is 5.93. The Morgan fingerprint density at radius 3 is 2.68 bits per heavy atom. The van der Waals surface area contributed by atoms with Crippen LogP contribution in [0.2, 0.25) is 0 Å². The van der Waals surface area contributed by atoms with E-state index in [0.29, 0.717) is 16.9 Å². The number of primary amides is 1. The minimum atomic E-state index is -0.667. The molecule has 0 saturated heterocycles. The average Bonchev–Trinajstić information content (AvgIpc) is 2.49. The lowest BCUT2D eigenvalue weighted by atomic mass is 10.1. The number of hydrogen-bond donors (Lipinski definition) is 2. The van der Waals surface area contributed by atoms with Gasteiger partial charge in [-0.15, -0.1) is 0 Å². The molecule has 0 aliphatic rings. The highest BCUT2D eigenvalue weighted by Crippen LogP contribution is 2.22. The van der Waals surface area contributed by atoms with Crippen LogP contribution in [0.5, 0.6) is 0 Å². The number of amides is 2. The van der Waals surface area contributed by atoms with E-state index in [-0.39, 0.29) is 18.6 Å². The van der Waals surface area contributed by atoms with E-state index in [1.807, 2.05) is 0 Å². The quantitative estimate of drug-likeness (QED) is 0.600. The van der Waals surface area contributed by atoms with Gasteiger partial charge in [-0.3, -0.25) is 9.59 Å². The van der Waals surface area contributed by atoms with Crippen LogP contribution in [0, 0.1) is 6.92 Å². The van der Waals surface area contributed by atoms with Crippen molar-refractivity contribution in [2.45, 2.75) is 19.8 Å². The van der Waals surface area contributed by atoms with Crippen LogP contribution in [-0.4, -0.2) is 17.9 Å². The van der Waals surface area contributed by atoms with Crippen molar-refractivity contribution in [3.8, 4) is 0 Å². The molecular weight excluding hydrogens is 326 g/mol. The lowest BCUT2D eigenvalue weighted by Crippen LogP contribution is -2.18. The summed E-state index contributed by atoms with van der Waals surface area (Å²) < 4.78 is 4.96. The first-order valence-corrected chi connectivity index (χ1v) is 7.27. The third-order valence-corrected chi connectivity index (χ3v) is 3.26. The fourth-order valence-corrected chi connectivity index (χ4v) is 2.20. The van der Waals surface area contributed by atoms with Crippen LogP contribution in [-0.2, 0) is 27.2 Å². The van der Waals surface area contributed by atoms with Gasteiger partial charge in [0.2, 0.25) is 17.9 Å². The van der Waals surface area contributed by atoms with Crippen LogP contribution >= 0.6 is 0 Å². The van der Waals surface area contributed by atoms with Crippen LogP contribution in [0.4, 0.5) is 11.4 Å². The maximum absolute atomic E-state index is 12.2. The van der Waals surface area contributed by atoms with Gasteiger partial charge in [-0.05, 0) is 36.2 Å². The second-order valence-electron chi connectivity index (χ2n) is 5.32. The first-order chi connectivity index (χ1) is 11.9. The largest absolute Gasteiger partial charge is 0.427 e. The van der Waals surface area contributed by atoms with Gasteiger partial charge in [0, 0.05) is 11.8 Å². The molecular formula is C17H15N3O5. The highest BCUT2D eigenvalue weighted by atomic mass is 16.4. The molecule has 1 aromatic heterocycles. The number of nitrogens with two attached hydrogens (primary N) is 1. The fourth-order valence-electron chi connectivity index (χ4n) is 2.20. The van der Waals surface area contributed by atoms with Gasteiger partial charge in [0.1, 0.15) is 5.76 Å². The molecule has 0 unspecified atom stereocenters. The maximum Gasteiger partial charge on any atom is 0.336 e. The number of isocyanates is 1. The first-order valence-electron chi connectivity index (χ1n) is 7.27. The maximum atomic E-state index is 12.2. The summed E-state index contributed by atoms with van der Waals surface area (Å²) in [6.45, 7) is 1.78. The molecule has 0 bridgehead atoms. The Morgan fingerprint density at radius 2 is 2.00 bits per heavy atom. The smallest absolute Gasteiger partial charge is 0.336 e. The molecule has 2 amide bonds. The Labute approximate surface area is 142 Å². The van der Waals surface area contributed by atoms with Gasteiger partial charge < -0.3 is 15.5 Å². The van der Waals surface area contributed by atoms with Crippen molar-refractivity contribution in [1.29, 1.82) is 0 Å². The number of hydrogen-bond acceptors (Lipinski definition) is 6. The lowest BCUT2D eigenvalue weighted by molar-refractivity contribution is -0.117. The molecule has 1 heterocycles. The average molecular weight is 341 g/mol. The van der Waals surface area contributed by atoms with E-state index in [2.05, 4.69) is 10.3 Å². The highest BCUT2D eigenvalue weighted by Gasteiger charge is 2.11. The normalized spacial score (nSPS) is 9.96. The SMILES string of the molecule is Cc1ccc(N=C=O)cc1NC(=O)Cc1cc(CC(N)=O)cc(=O)o1. The van der Waals surface area contributed by atoms with E-state index in [0.717, 1.165) is 11.6 Å². The Kier molecular flexibility index (Phi) is 5.60. The van der Waals surface area contributed by atoms with E-state index in [4.69, 9.17) is 10.2 Å². The molecule has 3 N–H and O–H groups in total. The molecule has 0 aliphatic carbocycles. The number of rotatable bonds is 6. The van der Waals surface area contributed by atoms with Crippen LogP contribution in [0.1, 0.15) is 16.9 Å². The third-order valence-electron chi connectivity index (χ3n) is 3.26. The van der Waals surface area contributed by atoms with Crippen LogP contribution < -0.4 is 16.7 Å². The molecule has 0 fully saturated rings. The summed E-state index contributed by atoms with van der Waals surface area (Å²) in [5, 5.41) is 2.65. The number of nitrogens with zero attached hydrogens (tertiary/aromatic N) is 1. The molecule has 25 heavy (non-hydrogen) atoms. The molecule has 8 nitrogen and oxygen atoms in total. The lowest BCUT2D eigenvalue weighted by Gasteiger charge is -2.09. The van der Waals surface area contributed by atoms with E-state index in [1.54, 1.807) is 19.1 Å². The summed E-state index contributed by atoms with van der Waals surface area (Å²) in [4.78, 5) is 48.4. The monoisotopic (exact) mass is 341 g/mol. The van der Waals surface area contributed by atoms with Crippen molar-refractivity contribution in [3.63, 3.8) is 0 Å². The Hall–Kier alpha value is -3.51. The van der Waals surface area contributed by atoms with E-state index < -0.39 is 17.4 Å². The molecule has 0 radical (unpaired) electrons. The van der Waals surface area contributed by atoms with Gasteiger partial charge in [0.25, 0.3) is 0 Å². The molecule has 8 heteroatoms. The number of anilines is 1. The summed E-state index contributed by atoms with van der Waals surface area (Å²) in [7, 11) is 0. The number of aryl methyl sites for hydroxylation is 1. The minimum Gasteiger partial charge on any atom is -0.427 e.